The molecule has 1 atom stereocenters. The minimum absolute atomic E-state index is 0.295. The molecule has 6 heteroatoms. The average Bonchev–Trinajstić information content (AvgIpc) is 2.56. The van der Waals surface area contributed by atoms with Crippen LogP contribution in [-0.4, -0.2) is 33.4 Å². The Labute approximate surface area is 130 Å². The first-order chi connectivity index (χ1) is 10.8. The van der Waals surface area contributed by atoms with Crippen LogP contribution >= 0.6 is 0 Å². The van der Waals surface area contributed by atoms with Gasteiger partial charge in [-0.05, 0) is 31.5 Å². The Morgan fingerprint density at radius 2 is 2.18 bits per heavy atom. The monoisotopic (exact) mass is 298 g/mol. The van der Waals surface area contributed by atoms with Crippen molar-refractivity contribution >= 4 is 11.8 Å². The van der Waals surface area contributed by atoms with Crippen LogP contribution in [0.1, 0.15) is 36.6 Å². The molecule has 3 heterocycles. The highest BCUT2D eigenvalue weighted by atomic mass is 15.2. The van der Waals surface area contributed by atoms with Crippen molar-refractivity contribution in [2.75, 3.05) is 24.6 Å². The smallest absolute Gasteiger partial charge is 0.220 e. The lowest BCUT2D eigenvalue weighted by Crippen LogP contribution is -2.33. The maximum Gasteiger partial charge on any atom is 0.220 e. The van der Waals surface area contributed by atoms with E-state index in [0.717, 1.165) is 31.0 Å². The fraction of sp³-hybridized carbons (Fsp3) is 0.438. The van der Waals surface area contributed by atoms with Crippen LogP contribution in [0.2, 0.25) is 0 Å². The normalized spacial score (nSPS) is 19.0. The van der Waals surface area contributed by atoms with Gasteiger partial charge in [0.15, 0.2) is 0 Å². The van der Waals surface area contributed by atoms with Crippen LogP contribution in [0.4, 0.5) is 11.8 Å². The standard InChI is InChI=1S/C16H22N6/c1-18-15-12(5-4-8-19-15)11-22-10-3-2-6-14(22)13-7-9-20-16(17)21-13/h4-5,7-9,14H,2-3,6,10-11H2,1H3,(H,18,19)(H2,17,20,21)/t14-/m1/s1. The quantitative estimate of drug-likeness (QED) is 0.901. The molecular weight excluding hydrogens is 276 g/mol. The Morgan fingerprint density at radius 1 is 1.27 bits per heavy atom. The van der Waals surface area contributed by atoms with E-state index in [1.54, 1.807) is 6.20 Å². The third-order valence-corrected chi connectivity index (χ3v) is 4.15. The number of anilines is 2. The summed E-state index contributed by atoms with van der Waals surface area (Å²) in [6.45, 7) is 1.92. The second-order valence-corrected chi connectivity index (χ2v) is 5.58. The SMILES string of the molecule is CNc1ncccc1CN1CCCC[C@@H]1c1ccnc(N)n1. The van der Waals surface area contributed by atoms with E-state index in [1.165, 1.54) is 18.4 Å². The van der Waals surface area contributed by atoms with Crippen molar-refractivity contribution in [3.05, 3.63) is 41.9 Å². The summed E-state index contributed by atoms with van der Waals surface area (Å²) < 4.78 is 0. The van der Waals surface area contributed by atoms with Crippen molar-refractivity contribution in [1.29, 1.82) is 0 Å². The molecule has 22 heavy (non-hydrogen) atoms. The number of pyridine rings is 1. The van der Waals surface area contributed by atoms with Crippen LogP contribution in [0.15, 0.2) is 30.6 Å². The number of nitrogen functional groups attached to an aromatic ring is 1. The van der Waals surface area contributed by atoms with Gasteiger partial charge in [0, 0.05) is 31.5 Å². The van der Waals surface area contributed by atoms with E-state index < -0.39 is 0 Å². The Kier molecular flexibility index (Phi) is 4.48. The largest absolute Gasteiger partial charge is 0.373 e. The first kappa shape index (κ1) is 14.7. The van der Waals surface area contributed by atoms with E-state index in [0.29, 0.717) is 12.0 Å². The molecule has 116 valence electrons. The maximum absolute atomic E-state index is 5.75. The number of rotatable bonds is 4. The molecule has 3 rings (SSSR count). The molecule has 1 saturated heterocycles. The van der Waals surface area contributed by atoms with E-state index >= 15 is 0 Å². The molecule has 1 aliphatic rings. The molecule has 0 aromatic carbocycles. The summed E-state index contributed by atoms with van der Waals surface area (Å²) in [4.78, 5) is 15.3. The summed E-state index contributed by atoms with van der Waals surface area (Å²) in [5.74, 6) is 1.29. The third kappa shape index (κ3) is 3.17. The van der Waals surface area contributed by atoms with Crippen molar-refractivity contribution in [2.24, 2.45) is 0 Å². The van der Waals surface area contributed by atoms with Crippen LogP contribution in [0.25, 0.3) is 0 Å². The second-order valence-electron chi connectivity index (χ2n) is 5.58. The zero-order valence-electron chi connectivity index (χ0n) is 12.9. The molecule has 0 amide bonds. The molecule has 1 aliphatic heterocycles. The van der Waals surface area contributed by atoms with Crippen LogP contribution in [0.3, 0.4) is 0 Å². The zero-order valence-corrected chi connectivity index (χ0v) is 12.9. The van der Waals surface area contributed by atoms with Crippen molar-refractivity contribution in [3.63, 3.8) is 0 Å². The Hall–Kier alpha value is -2.21. The van der Waals surface area contributed by atoms with Crippen molar-refractivity contribution in [3.8, 4) is 0 Å². The first-order valence-corrected chi connectivity index (χ1v) is 7.72. The third-order valence-electron chi connectivity index (χ3n) is 4.15. The summed E-state index contributed by atoms with van der Waals surface area (Å²) in [6.07, 6.45) is 7.09. The van der Waals surface area contributed by atoms with Crippen LogP contribution in [-0.2, 0) is 6.54 Å². The number of nitrogens with one attached hydrogen (secondary N) is 1. The van der Waals surface area contributed by atoms with E-state index in [4.69, 9.17) is 5.73 Å². The second kappa shape index (κ2) is 6.70. The summed E-state index contributed by atoms with van der Waals surface area (Å²) >= 11 is 0. The van der Waals surface area contributed by atoms with Gasteiger partial charge in [-0.2, -0.15) is 0 Å². The molecule has 0 spiro atoms. The van der Waals surface area contributed by atoms with Gasteiger partial charge >= 0.3 is 0 Å². The number of likely N-dealkylation sites (tertiary alicyclic amines) is 1. The molecule has 6 nitrogen and oxygen atoms in total. The fourth-order valence-corrected chi connectivity index (χ4v) is 3.10. The highest BCUT2D eigenvalue weighted by Gasteiger charge is 2.26. The molecule has 1 fully saturated rings. The summed E-state index contributed by atoms with van der Waals surface area (Å²) in [5, 5.41) is 3.17. The molecule has 2 aromatic rings. The van der Waals surface area contributed by atoms with Gasteiger partial charge in [-0.15, -0.1) is 0 Å². The number of nitrogens with zero attached hydrogens (tertiary/aromatic N) is 4. The van der Waals surface area contributed by atoms with Gasteiger partial charge in [0.05, 0.1) is 11.7 Å². The minimum atomic E-state index is 0.295. The summed E-state index contributed by atoms with van der Waals surface area (Å²) in [7, 11) is 1.91. The number of hydrogen-bond acceptors (Lipinski definition) is 6. The lowest BCUT2D eigenvalue weighted by atomic mass is 9.98. The molecule has 0 unspecified atom stereocenters. The Balaban J connectivity index is 1.84. The molecule has 0 bridgehead atoms. The lowest BCUT2D eigenvalue weighted by Gasteiger charge is -2.35. The zero-order chi connectivity index (χ0) is 15.4. The minimum Gasteiger partial charge on any atom is -0.373 e. The van der Waals surface area contributed by atoms with Gasteiger partial charge in [0.2, 0.25) is 5.95 Å². The van der Waals surface area contributed by atoms with Crippen molar-refractivity contribution in [2.45, 2.75) is 31.8 Å². The highest BCUT2D eigenvalue weighted by molar-refractivity contribution is 5.43. The molecule has 2 aromatic heterocycles. The van der Waals surface area contributed by atoms with Gasteiger partial charge in [-0.1, -0.05) is 12.5 Å². The fourth-order valence-electron chi connectivity index (χ4n) is 3.10. The van der Waals surface area contributed by atoms with Gasteiger partial charge in [-0.25, -0.2) is 15.0 Å². The van der Waals surface area contributed by atoms with Gasteiger partial charge in [0.1, 0.15) is 5.82 Å². The van der Waals surface area contributed by atoms with Gasteiger partial charge in [0.25, 0.3) is 0 Å². The predicted molar refractivity (Wildman–Crippen MR) is 87.2 cm³/mol. The number of nitrogens with two attached hydrogens (primary N) is 1. The van der Waals surface area contributed by atoms with Crippen LogP contribution in [0, 0.1) is 0 Å². The van der Waals surface area contributed by atoms with E-state index in [1.807, 2.05) is 25.4 Å². The van der Waals surface area contributed by atoms with Crippen molar-refractivity contribution < 1.29 is 0 Å². The number of hydrogen-bond donors (Lipinski definition) is 2. The molecule has 3 N–H and O–H groups in total. The van der Waals surface area contributed by atoms with E-state index in [9.17, 15) is 0 Å². The molecule has 0 saturated carbocycles. The highest BCUT2D eigenvalue weighted by Crippen LogP contribution is 2.31. The maximum atomic E-state index is 5.75. The van der Waals surface area contributed by atoms with E-state index in [2.05, 4.69) is 31.2 Å². The summed E-state index contributed by atoms with van der Waals surface area (Å²) in [6, 6.07) is 6.38. The van der Waals surface area contributed by atoms with Crippen LogP contribution < -0.4 is 11.1 Å². The lowest BCUT2D eigenvalue weighted by molar-refractivity contribution is 0.137. The average molecular weight is 298 g/mol. The molecule has 0 radical (unpaired) electrons. The first-order valence-electron chi connectivity index (χ1n) is 7.72. The van der Waals surface area contributed by atoms with E-state index in [-0.39, 0.29) is 0 Å². The summed E-state index contributed by atoms with van der Waals surface area (Å²) in [5.41, 5.74) is 7.97. The van der Waals surface area contributed by atoms with Crippen molar-refractivity contribution in [1.82, 2.24) is 19.9 Å². The van der Waals surface area contributed by atoms with Crippen LogP contribution in [0.5, 0.6) is 0 Å². The van der Waals surface area contributed by atoms with Gasteiger partial charge < -0.3 is 11.1 Å². The topological polar surface area (TPSA) is 80.0 Å². The predicted octanol–water partition coefficient (Wildman–Crippen LogP) is 2.22. The molecular formula is C16H22N6. The van der Waals surface area contributed by atoms with Gasteiger partial charge in [-0.3, -0.25) is 4.90 Å². The number of aromatic nitrogens is 3. The molecule has 0 aliphatic carbocycles. The Bertz CT molecular complexity index is 630. The number of piperidine rings is 1. The Morgan fingerprint density at radius 3 is 3.00 bits per heavy atom.